The summed E-state index contributed by atoms with van der Waals surface area (Å²) in [7, 11) is 1.66. The zero-order valence-electron chi connectivity index (χ0n) is 9.06. The molecule has 1 aliphatic rings. The van der Waals surface area contributed by atoms with Gasteiger partial charge in [-0.3, -0.25) is 9.69 Å². The summed E-state index contributed by atoms with van der Waals surface area (Å²) in [5, 5.41) is 8.78. The number of carboxylic acid groups (broad SMARTS) is 1. The van der Waals surface area contributed by atoms with Gasteiger partial charge in [0.1, 0.15) is 0 Å². The molecule has 1 fully saturated rings. The maximum absolute atomic E-state index is 10.7. The zero-order chi connectivity index (χ0) is 10.7. The van der Waals surface area contributed by atoms with Crippen molar-refractivity contribution in [2.45, 2.75) is 44.9 Å². The Morgan fingerprint density at radius 1 is 1.57 bits per heavy atom. The van der Waals surface area contributed by atoms with Crippen molar-refractivity contribution in [2.24, 2.45) is 0 Å². The summed E-state index contributed by atoms with van der Waals surface area (Å²) in [5.41, 5.74) is 0. The Labute approximate surface area is 84.8 Å². The van der Waals surface area contributed by atoms with Gasteiger partial charge in [0.2, 0.25) is 0 Å². The number of carboxylic acids is 1. The fourth-order valence-electron chi connectivity index (χ4n) is 1.63. The number of methoxy groups -OCH3 is 1. The maximum atomic E-state index is 10.7. The monoisotopic (exact) mass is 201 g/mol. The molecule has 0 aromatic rings. The van der Waals surface area contributed by atoms with Crippen LogP contribution in [-0.2, 0) is 9.53 Å². The third kappa shape index (κ3) is 2.96. The summed E-state index contributed by atoms with van der Waals surface area (Å²) in [6, 6.07) is 0.627. The highest BCUT2D eigenvalue weighted by atomic mass is 16.5. The molecule has 0 amide bonds. The largest absolute Gasteiger partial charge is 0.480 e. The van der Waals surface area contributed by atoms with Crippen LogP contribution in [0.1, 0.15) is 26.7 Å². The van der Waals surface area contributed by atoms with Crippen LogP contribution < -0.4 is 0 Å². The Kier molecular flexibility index (Phi) is 3.89. The second kappa shape index (κ2) is 4.75. The van der Waals surface area contributed by atoms with Gasteiger partial charge < -0.3 is 9.84 Å². The third-order valence-electron chi connectivity index (χ3n) is 2.91. The van der Waals surface area contributed by atoms with Crippen molar-refractivity contribution >= 4 is 5.97 Å². The fraction of sp³-hybridized carbons (Fsp3) is 0.900. The van der Waals surface area contributed by atoms with E-state index in [1.165, 1.54) is 0 Å². The molecule has 0 aromatic carbocycles. The first-order valence-corrected chi connectivity index (χ1v) is 5.06. The van der Waals surface area contributed by atoms with E-state index in [2.05, 4.69) is 0 Å². The lowest BCUT2D eigenvalue weighted by atomic mass is 10.1. The van der Waals surface area contributed by atoms with Crippen molar-refractivity contribution in [3.05, 3.63) is 0 Å². The molecule has 1 N–H and O–H groups in total. The number of aliphatic carboxylic acids is 1. The van der Waals surface area contributed by atoms with Crippen LogP contribution in [0, 0.1) is 0 Å². The quantitative estimate of drug-likeness (QED) is 0.695. The van der Waals surface area contributed by atoms with E-state index in [1.807, 2.05) is 18.7 Å². The van der Waals surface area contributed by atoms with Crippen molar-refractivity contribution in [3.63, 3.8) is 0 Å². The van der Waals surface area contributed by atoms with Crippen LogP contribution in [-0.4, -0.2) is 47.8 Å². The van der Waals surface area contributed by atoms with Crippen molar-refractivity contribution in [1.82, 2.24) is 4.90 Å². The lowest BCUT2D eigenvalue weighted by Crippen LogP contribution is -2.45. The minimum Gasteiger partial charge on any atom is -0.480 e. The fourth-order valence-corrected chi connectivity index (χ4v) is 1.63. The Hall–Kier alpha value is -0.610. The Bertz CT molecular complexity index is 204. The second-order valence-corrected chi connectivity index (χ2v) is 3.98. The second-order valence-electron chi connectivity index (χ2n) is 3.98. The molecular weight excluding hydrogens is 182 g/mol. The van der Waals surface area contributed by atoms with Gasteiger partial charge in [-0.25, -0.2) is 0 Å². The van der Waals surface area contributed by atoms with Gasteiger partial charge in [-0.2, -0.15) is 0 Å². The van der Waals surface area contributed by atoms with Gasteiger partial charge in [0, 0.05) is 19.2 Å². The van der Waals surface area contributed by atoms with Crippen LogP contribution in [0.5, 0.6) is 0 Å². The minimum absolute atomic E-state index is 0.0787. The number of rotatable bonds is 6. The highest BCUT2D eigenvalue weighted by Crippen LogP contribution is 2.29. The Morgan fingerprint density at radius 3 is 2.50 bits per heavy atom. The molecule has 0 aromatic heterocycles. The highest BCUT2D eigenvalue weighted by Gasteiger charge is 2.35. The van der Waals surface area contributed by atoms with Crippen LogP contribution in [0.3, 0.4) is 0 Å². The topological polar surface area (TPSA) is 49.8 Å². The first-order chi connectivity index (χ1) is 6.56. The third-order valence-corrected chi connectivity index (χ3v) is 2.91. The lowest BCUT2D eigenvalue weighted by Gasteiger charge is -2.31. The van der Waals surface area contributed by atoms with E-state index in [0.717, 1.165) is 12.8 Å². The lowest BCUT2D eigenvalue weighted by molar-refractivity contribution is -0.139. The van der Waals surface area contributed by atoms with E-state index in [-0.39, 0.29) is 18.7 Å². The van der Waals surface area contributed by atoms with Crippen LogP contribution in [0.2, 0.25) is 0 Å². The summed E-state index contributed by atoms with van der Waals surface area (Å²) in [6.07, 6.45) is 2.32. The predicted octanol–water partition coefficient (Wildman–Crippen LogP) is 0.959. The molecule has 4 heteroatoms. The molecule has 0 saturated heterocycles. The molecule has 0 heterocycles. The standard InChI is InChI=1S/C10H19NO3/c1-7(8(2)14-3)11(6-10(12)13)9-4-5-9/h7-9H,4-6H2,1-3H3,(H,12,13). The Balaban J connectivity index is 2.52. The first kappa shape index (κ1) is 11.5. The van der Waals surface area contributed by atoms with Gasteiger partial charge in [-0.05, 0) is 26.7 Å². The molecule has 0 bridgehead atoms. The van der Waals surface area contributed by atoms with E-state index in [9.17, 15) is 4.79 Å². The average Bonchev–Trinajstić information content (AvgIpc) is 2.94. The van der Waals surface area contributed by atoms with Crippen LogP contribution >= 0.6 is 0 Å². The summed E-state index contributed by atoms with van der Waals surface area (Å²) < 4.78 is 5.22. The number of nitrogens with zero attached hydrogens (tertiary/aromatic N) is 1. The number of hydrogen-bond donors (Lipinski definition) is 1. The van der Waals surface area contributed by atoms with Crippen molar-refractivity contribution < 1.29 is 14.6 Å². The van der Waals surface area contributed by atoms with Crippen molar-refractivity contribution in [3.8, 4) is 0 Å². The van der Waals surface area contributed by atoms with Crippen LogP contribution in [0.25, 0.3) is 0 Å². The summed E-state index contributed by atoms with van der Waals surface area (Å²) in [5.74, 6) is -0.757. The molecule has 82 valence electrons. The SMILES string of the molecule is COC(C)C(C)N(CC(=O)O)C1CC1. The zero-order valence-corrected chi connectivity index (χ0v) is 9.06. The normalized spacial score (nSPS) is 20.9. The minimum atomic E-state index is -0.757. The summed E-state index contributed by atoms with van der Waals surface area (Å²) in [4.78, 5) is 12.7. The van der Waals surface area contributed by atoms with E-state index in [0.29, 0.717) is 6.04 Å². The molecule has 14 heavy (non-hydrogen) atoms. The molecule has 1 saturated carbocycles. The highest BCUT2D eigenvalue weighted by molar-refractivity contribution is 5.69. The molecule has 1 aliphatic carbocycles. The van der Waals surface area contributed by atoms with Crippen molar-refractivity contribution in [2.75, 3.05) is 13.7 Å². The molecule has 4 nitrogen and oxygen atoms in total. The first-order valence-electron chi connectivity index (χ1n) is 5.06. The number of ether oxygens (including phenoxy) is 1. The van der Waals surface area contributed by atoms with Gasteiger partial charge >= 0.3 is 5.97 Å². The maximum Gasteiger partial charge on any atom is 0.317 e. The van der Waals surface area contributed by atoms with Crippen LogP contribution in [0.4, 0.5) is 0 Å². The van der Waals surface area contributed by atoms with E-state index >= 15 is 0 Å². The van der Waals surface area contributed by atoms with Crippen LogP contribution in [0.15, 0.2) is 0 Å². The van der Waals surface area contributed by atoms with E-state index in [1.54, 1.807) is 7.11 Å². The van der Waals surface area contributed by atoms with Gasteiger partial charge in [0.05, 0.1) is 12.6 Å². The van der Waals surface area contributed by atoms with Gasteiger partial charge in [-0.15, -0.1) is 0 Å². The van der Waals surface area contributed by atoms with E-state index < -0.39 is 5.97 Å². The average molecular weight is 201 g/mol. The van der Waals surface area contributed by atoms with E-state index in [4.69, 9.17) is 9.84 Å². The van der Waals surface area contributed by atoms with Crippen molar-refractivity contribution in [1.29, 1.82) is 0 Å². The smallest absolute Gasteiger partial charge is 0.317 e. The Morgan fingerprint density at radius 2 is 2.14 bits per heavy atom. The molecule has 0 radical (unpaired) electrons. The summed E-state index contributed by atoms with van der Waals surface area (Å²) in [6.45, 7) is 4.12. The number of hydrogen-bond acceptors (Lipinski definition) is 3. The summed E-state index contributed by atoms with van der Waals surface area (Å²) >= 11 is 0. The molecule has 0 aliphatic heterocycles. The molecule has 0 spiro atoms. The van der Waals surface area contributed by atoms with Gasteiger partial charge in [-0.1, -0.05) is 0 Å². The van der Waals surface area contributed by atoms with Gasteiger partial charge in [0.15, 0.2) is 0 Å². The molecule has 1 rings (SSSR count). The molecule has 2 atom stereocenters. The molecular formula is C10H19NO3. The molecule has 2 unspecified atom stereocenters. The predicted molar refractivity (Wildman–Crippen MR) is 53.3 cm³/mol. The van der Waals surface area contributed by atoms with Gasteiger partial charge in [0.25, 0.3) is 0 Å². The number of carbonyl (C=O) groups is 1.